The summed E-state index contributed by atoms with van der Waals surface area (Å²) in [5.41, 5.74) is 5.31. The quantitative estimate of drug-likeness (QED) is 0.139. The van der Waals surface area contributed by atoms with Crippen LogP contribution in [-0.2, 0) is 24.6 Å². The maximum Gasteiger partial charge on any atom is 0.417 e. The molecular formula is C31H26ClF4N7O3. The standard InChI is InChI=1S/C31H26ClF4N7O3/c1-42-27-26(32)25(46-24(12-37)22-8-7-19(33)13-38-22)14-39-28(27)41-30(42)40-23-9-18(31(34,35)36)15-43(29(23)44)20-10-21(11-20)45-16-17-5-3-2-4-6-17/h2-9,12-15,20-21H,10-11,16,37H2,1H3,(H,39,40,41)/b24-12+. The number of benzene rings is 1. The zero-order chi connectivity index (χ0) is 32.6. The second-order valence-electron chi connectivity index (χ2n) is 10.6. The first-order valence-electron chi connectivity index (χ1n) is 14.0. The first-order valence-corrected chi connectivity index (χ1v) is 14.4. The summed E-state index contributed by atoms with van der Waals surface area (Å²) in [6, 6.07) is 12.3. The molecule has 1 aliphatic rings. The van der Waals surface area contributed by atoms with Gasteiger partial charge in [-0.05, 0) is 36.6 Å². The van der Waals surface area contributed by atoms with E-state index in [0.29, 0.717) is 19.4 Å². The van der Waals surface area contributed by atoms with Gasteiger partial charge in [-0.1, -0.05) is 41.9 Å². The summed E-state index contributed by atoms with van der Waals surface area (Å²) >= 11 is 6.64. The molecule has 1 aliphatic carbocycles. The van der Waals surface area contributed by atoms with Crippen molar-refractivity contribution in [2.24, 2.45) is 12.8 Å². The van der Waals surface area contributed by atoms with Crippen molar-refractivity contribution in [2.75, 3.05) is 5.32 Å². The van der Waals surface area contributed by atoms with Crippen LogP contribution in [0.1, 0.15) is 35.7 Å². The smallest absolute Gasteiger partial charge is 0.417 e. The average molecular weight is 656 g/mol. The van der Waals surface area contributed by atoms with Crippen molar-refractivity contribution in [3.8, 4) is 5.75 Å². The van der Waals surface area contributed by atoms with Gasteiger partial charge >= 0.3 is 6.18 Å². The molecule has 1 saturated carbocycles. The number of ether oxygens (including phenoxy) is 2. The highest BCUT2D eigenvalue weighted by molar-refractivity contribution is 6.36. The van der Waals surface area contributed by atoms with Crippen LogP contribution in [0.4, 0.5) is 29.2 Å². The van der Waals surface area contributed by atoms with Crippen molar-refractivity contribution in [2.45, 2.75) is 37.8 Å². The molecule has 4 heterocycles. The number of fused-ring (bicyclic) bond motifs is 1. The first kappa shape index (κ1) is 31.0. The molecule has 0 spiro atoms. The van der Waals surface area contributed by atoms with Crippen molar-refractivity contribution < 1.29 is 27.0 Å². The van der Waals surface area contributed by atoms with E-state index in [4.69, 9.17) is 26.8 Å². The van der Waals surface area contributed by atoms with Gasteiger partial charge in [-0.15, -0.1) is 0 Å². The molecule has 10 nitrogen and oxygen atoms in total. The Morgan fingerprint density at radius 3 is 2.59 bits per heavy atom. The molecule has 6 rings (SSSR count). The summed E-state index contributed by atoms with van der Waals surface area (Å²) in [6.07, 6.45) is 0.0879. The number of rotatable bonds is 9. The van der Waals surface area contributed by atoms with Crippen molar-refractivity contribution in [1.29, 1.82) is 0 Å². The van der Waals surface area contributed by atoms with Gasteiger partial charge in [0.1, 0.15) is 27.7 Å². The summed E-state index contributed by atoms with van der Waals surface area (Å²) in [4.78, 5) is 26.0. The number of anilines is 2. The Bertz CT molecular complexity index is 1970. The van der Waals surface area contributed by atoms with Crippen LogP contribution in [0.25, 0.3) is 16.9 Å². The fourth-order valence-corrected chi connectivity index (χ4v) is 5.33. The Balaban J connectivity index is 1.26. The molecule has 3 N–H and O–H groups in total. The molecule has 5 aromatic rings. The lowest BCUT2D eigenvalue weighted by molar-refractivity contribution is -0.138. The van der Waals surface area contributed by atoms with E-state index in [-0.39, 0.29) is 51.1 Å². The van der Waals surface area contributed by atoms with E-state index in [2.05, 4.69) is 20.3 Å². The number of hydrogen-bond acceptors (Lipinski definition) is 8. The normalized spacial score (nSPS) is 16.8. The largest absolute Gasteiger partial charge is 0.450 e. The molecule has 0 bridgehead atoms. The van der Waals surface area contributed by atoms with Gasteiger partial charge in [0.25, 0.3) is 5.56 Å². The second kappa shape index (κ2) is 12.4. The van der Waals surface area contributed by atoms with Gasteiger partial charge in [0.15, 0.2) is 17.2 Å². The summed E-state index contributed by atoms with van der Waals surface area (Å²) in [7, 11) is 1.54. The van der Waals surface area contributed by atoms with E-state index in [9.17, 15) is 22.4 Å². The monoisotopic (exact) mass is 655 g/mol. The number of pyridine rings is 3. The number of halogens is 5. The van der Waals surface area contributed by atoms with E-state index in [1.807, 2.05) is 30.3 Å². The highest BCUT2D eigenvalue weighted by Crippen LogP contribution is 2.38. The van der Waals surface area contributed by atoms with E-state index in [1.165, 1.54) is 22.9 Å². The maximum absolute atomic E-state index is 13.9. The van der Waals surface area contributed by atoms with Crippen LogP contribution in [0.15, 0.2) is 78.1 Å². The van der Waals surface area contributed by atoms with Gasteiger partial charge in [-0.2, -0.15) is 18.2 Å². The number of nitrogens with one attached hydrogen (secondary N) is 1. The molecule has 15 heteroatoms. The predicted octanol–water partition coefficient (Wildman–Crippen LogP) is 6.34. The Labute approximate surface area is 264 Å². The van der Waals surface area contributed by atoms with Crippen LogP contribution in [0.2, 0.25) is 5.02 Å². The zero-order valence-corrected chi connectivity index (χ0v) is 24.9. The highest BCUT2D eigenvalue weighted by Gasteiger charge is 2.37. The van der Waals surface area contributed by atoms with Crippen LogP contribution in [0, 0.1) is 5.82 Å². The van der Waals surface area contributed by atoms with Crippen LogP contribution < -0.4 is 21.3 Å². The molecule has 1 aromatic carbocycles. The van der Waals surface area contributed by atoms with Crippen molar-refractivity contribution >= 4 is 40.2 Å². The third kappa shape index (κ3) is 6.26. The van der Waals surface area contributed by atoms with Crippen molar-refractivity contribution in [3.05, 3.63) is 111 Å². The Morgan fingerprint density at radius 1 is 1.15 bits per heavy atom. The number of nitrogens with zero attached hydrogens (tertiary/aromatic N) is 5. The maximum atomic E-state index is 13.9. The molecule has 0 radical (unpaired) electrons. The van der Waals surface area contributed by atoms with Gasteiger partial charge in [0.2, 0.25) is 5.95 Å². The lowest BCUT2D eigenvalue weighted by Crippen LogP contribution is -2.39. The molecule has 0 unspecified atom stereocenters. The van der Waals surface area contributed by atoms with Crippen molar-refractivity contribution in [3.63, 3.8) is 0 Å². The lowest BCUT2D eigenvalue weighted by atomic mass is 9.88. The topological polar surface area (TPSA) is 122 Å². The molecular weight excluding hydrogens is 630 g/mol. The number of aromatic nitrogens is 5. The number of nitrogens with two attached hydrogens (primary N) is 1. The SMILES string of the molecule is Cn1c(Nc2cc(C(F)(F)F)cn(C3CC(OCc4ccccc4)C3)c2=O)nc2ncc(O/C(=C/N)c3ccc(F)cn3)c(Cl)c21. The second-order valence-corrected chi connectivity index (χ2v) is 11.0. The van der Waals surface area contributed by atoms with Gasteiger partial charge in [0.05, 0.1) is 30.7 Å². The van der Waals surface area contributed by atoms with Gasteiger partial charge < -0.3 is 29.7 Å². The van der Waals surface area contributed by atoms with E-state index < -0.39 is 29.2 Å². The summed E-state index contributed by atoms with van der Waals surface area (Å²) in [5, 5.41) is 2.79. The Kier molecular flexibility index (Phi) is 8.40. The van der Waals surface area contributed by atoms with E-state index >= 15 is 0 Å². The number of hydrogen-bond donors (Lipinski definition) is 2. The van der Waals surface area contributed by atoms with Gasteiger partial charge in [0, 0.05) is 25.5 Å². The summed E-state index contributed by atoms with van der Waals surface area (Å²) < 4.78 is 69.4. The fourth-order valence-electron chi connectivity index (χ4n) is 5.04. The van der Waals surface area contributed by atoms with Gasteiger partial charge in [-0.3, -0.25) is 4.79 Å². The van der Waals surface area contributed by atoms with Crippen molar-refractivity contribution in [1.82, 2.24) is 24.1 Å². The van der Waals surface area contributed by atoms with E-state index in [0.717, 1.165) is 34.8 Å². The van der Waals surface area contributed by atoms with Gasteiger partial charge in [-0.25, -0.2) is 14.4 Å². The number of imidazole rings is 1. The van der Waals surface area contributed by atoms with Crippen LogP contribution in [0.3, 0.4) is 0 Å². The third-order valence-electron chi connectivity index (χ3n) is 7.56. The number of alkyl halides is 3. The molecule has 0 atom stereocenters. The minimum absolute atomic E-state index is 0.0111. The highest BCUT2D eigenvalue weighted by atomic mass is 35.5. The first-order chi connectivity index (χ1) is 22.0. The fraction of sp³-hybridized carbons (Fsp3) is 0.226. The Hall–Kier alpha value is -4.95. The Morgan fingerprint density at radius 2 is 1.91 bits per heavy atom. The molecule has 238 valence electrons. The zero-order valence-electron chi connectivity index (χ0n) is 24.1. The molecule has 1 fully saturated rings. The average Bonchev–Trinajstić information content (AvgIpc) is 3.33. The van der Waals surface area contributed by atoms with E-state index in [1.54, 1.807) is 7.05 Å². The summed E-state index contributed by atoms with van der Waals surface area (Å²) in [5.74, 6) is -0.413. The number of aryl methyl sites for hydroxylation is 1. The van der Waals surface area contributed by atoms with Crippen LogP contribution in [-0.4, -0.2) is 30.2 Å². The molecule has 0 amide bonds. The molecule has 46 heavy (non-hydrogen) atoms. The summed E-state index contributed by atoms with van der Waals surface area (Å²) in [6.45, 7) is 0.367. The van der Waals surface area contributed by atoms with Crippen LogP contribution >= 0.6 is 11.6 Å². The van der Waals surface area contributed by atoms with Crippen LogP contribution in [0.5, 0.6) is 5.75 Å². The minimum atomic E-state index is -4.71. The molecule has 0 saturated heterocycles. The minimum Gasteiger partial charge on any atom is -0.450 e. The molecule has 4 aromatic heterocycles. The molecule has 0 aliphatic heterocycles. The third-order valence-corrected chi connectivity index (χ3v) is 7.93. The lowest BCUT2D eigenvalue weighted by Gasteiger charge is -2.36. The predicted molar refractivity (Wildman–Crippen MR) is 163 cm³/mol.